The summed E-state index contributed by atoms with van der Waals surface area (Å²) in [6.45, 7) is 5.81. The van der Waals surface area contributed by atoms with Crippen LogP contribution in [0, 0.1) is 13.8 Å². The Balaban J connectivity index is 1.95. The third kappa shape index (κ3) is 2.76. The van der Waals surface area contributed by atoms with Gasteiger partial charge in [0.15, 0.2) is 0 Å². The SMILES string of the molecule is Cc1cc(C(=O)N2CCNCC2c2ccccc2Cl)c(C)o1. The normalized spacial score (nSPS) is 18.5. The van der Waals surface area contributed by atoms with Gasteiger partial charge in [0.25, 0.3) is 5.91 Å². The van der Waals surface area contributed by atoms with Gasteiger partial charge < -0.3 is 14.6 Å². The largest absolute Gasteiger partial charge is 0.466 e. The Morgan fingerprint density at radius 3 is 2.82 bits per heavy atom. The molecule has 2 heterocycles. The van der Waals surface area contributed by atoms with Gasteiger partial charge in [-0.15, -0.1) is 0 Å². The standard InChI is InChI=1S/C17H19ClN2O2/c1-11-9-14(12(2)22-11)17(21)20-8-7-19-10-16(20)13-5-3-4-6-15(13)18/h3-6,9,16,19H,7-8,10H2,1-2H3. The van der Waals surface area contributed by atoms with Gasteiger partial charge in [0.2, 0.25) is 0 Å². The van der Waals surface area contributed by atoms with E-state index in [0.717, 1.165) is 17.9 Å². The van der Waals surface area contributed by atoms with E-state index in [1.807, 2.05) is 49.1 Å². The Bertz CT molecular complexity index is 696. The molecular formula is C17H19ClN2O2. The van der Waals surface area contributed by atoms with Crippen molar-refractivity contribution in [3.63, 3.8) is 0 Å². The summed E-state index contributed by atoms with van der Waals surface area (Å²) < 4.78 is 5.50. The van der Waals surface area contributed by atoms with Crippen LogP contribution in [-0.4, -0.2) is 30.4 Å². The number of furan rings is 1. The molecule has 1 aliphatic rings. The van der Waals surface area contributed by atoms with Crippen molar-refractivity contribution >= 4 is 17.5 Å². The van der Waals surface area contributed by atoms with Crippen LogP contribution in [0.25, 0.3) is 0 Å². The van der Waals surface area contributed by atoms with Crippen molar-refractivity contribution in [2.45, 2.75) is 19.9 Å². The molecule has 4 nitrogen and oxygen atoms in total. The maximum absolute atomic E-state index is 12.9. The molecule has 1 aliphatic heterocycles. The number of halogens is 1. The van der Waals surface area contributed by atoms with Crippen LogP contribution in [0.1, 0.15) is 33.5 Å². The monoisotopic (exact) mass is 318 g/mol. The molecule has 3 rings (SSSR count). The number of nitrogens with zero attached hydrogens (tertiary/aromatic N) is 1. The van der Waals surface area contributed by atoms with E-state index in [0.29, 0.717) is 29.4 Å². The van der Waals surface area contributed by atoms with Crippen LogP contribution in [0.15, 0.2) is 34.7 Å². The summed E-state index contributed by atoms with van der Waals surface area (Å²) in [5.74, 6) is 1.42. The van der Waals surface area contributed by atoms with Crippen LogP contribution in [0.4, 0.5) is 0 Å². The smallest absolute Gasteiger partial charge is 0.258 e. The molecule has 1 amide bonds. The van der Waals surface area contributed by atoms with Crippen LogP contribution >= 0.6 is 11.6 Å². The first-order valence-corrected chi connectivity index (χ1v) is 7.79. The summed E-state index contributed by atoms with van der Waals surface area (Å²) in [5, 5.41) is 4.03. The Morgan fingerprint density at radius 2 is 2.14 bits per heavy atom. The minimum absolute atomic E-state index is 0.000713. The van der Waals surface area contributed by atoms with Gasteiger partial charge in [0.05, 0.1) is 11.6 Å². The summed E-state index contributed by atoms with van der Waals surface area (Å²) in [7, 11) is 0. The van der Waals surface area contributed by atoms with Crippen LogP contribution < -0.4 is 5.32 Å². The number of carbonyl (C=O) groups is 1. The number of hydrogen-bond acceptors (Lipinski definition) is 3. The summed E-state index contributed by atoms with van der Waals surface area (Å²) in [5.41, 5.74) is 1.61. The highest BCUT2D eigenvalue weighted by Crippen LogP contribution is 2.30. The zero-order valence-corrected chi connectivity index (χ0v) is 13.5. The number of hydrogen-bond donors (Lipinski definition) is 1. The lowest BCUT2D eigenvalue weighted by atomic mass is 10.0. The minimum Gasteiger partial charge on any atom is -0.466 e. The molecule has 1 fully saturated rings. The van der Waals surface area contributed by atoms with Gasteiger partial charge in [0.1, 0.15) is 11.5 Å². The molecule has 0 saturated carbocycles. The van der Waals surface area contributed by atoms with E-state index < -0.39 is 0 Å². The number of nitrogens with one attached hydrogen (secondary N) is 1. The molecule has 116 valence electrons. The third-order valence-corrected chi connectivity index (χ3v) is 4.38. The first kappa shape index (κ1) is 15.1. The topological polar surface area (TPSA) is 45.5 Å². The van der Waals surface area contributed by atoms with Gasteiger partial charge in [-0.25, -0.2) is 0 Å². The molecule has 22 heavy (non-hydrogen) atoms. The average Bonchev–Trinajstić information content (AvgIpc) is 2.86. The second kappa shape index (κ2) is 6.15. The van der Waals surface area contributed by atoms with Gasteiger partial charge in [-0.05, 0) is 31.5 Å². The number of rotatable bonds is 2. The van der Waals surface area contributed by atoms with Crippen molar-refractivity contribution in [2.24, 2.45) is 0 Å². The van der Waals surface area contributed by atoms with Crippen LogP contribution in [0.3, 0.4) is 0 Å². The van der Waals surface area contributed by atoms with E-state index >= 15 is 0 Å². The molecular weight excluding hydrogens is 300 g/mol. The first-order valence-electron chi connectivity index (χ1n) is 7.41. The van der Waals surface area contributed by atoms with Gasteiger partial charge >= 0.3 is 0 Å². The molecule has 0 aliphatic carbocycles. The maximum Gasteiger partial charge on any atom is 0.258 e. The van der Waals surface area contributed by atoms with Crippen LogP contribution in [-0.2, 0) is 0 Å². The number of amides is 1. The highest BCUT2D eigenvalue weighted by atomic mass is 35.5. The minimum atomic E-state index is -0.0652. The van der Waals surface area contributed by atoms with Crippen molar-refractivity contribution in [2.75, 3.05) is 19.6 Å². The maximum atomic E-state index is 12.9. The predicted octanol–water partition coefficient (Wildman–Crippen LogP) is 3.34. The van der Waals surface area contributed by atoms with Crippen molar-refractivity contribution in [3.05, 3.63) is 58.0 Å². The lowest BCUT2D eigenvalue weighted by molar-refractivity contribution is 0.0632. The number of piperazine rings is 1. The molecule has 1 N–H and O–H groups in total. The van der Waals surface area contributed by atoms with Crippen LogP contribution in [0.2, 0.25) is 5.02 Å². The molecule has 1 atom stereocenters. The Labute approximate surface area is 135 Å². The van der Waals surface area contributed by atoms with E-state index in [1.165, 1.54) is 0 Å². The van der Waals surface area contributed by atoms with E-state index in [1.54, 1.807) is 0 Å². The number of carbonyl (C=O) groups excluding carboxylic acids is 1. The number of benzene rings is 1. The molecule has 0 bridgehead atoms. The lowest BCUT2D eigenvalue weighted by Crippen LogP contribution is -2.48. The summed E-state index contributed by atoms with van der Waals surface area (Å²) in [6, 6.07) is 9.44. The van der Waals surface area contributed by atoms with E-state index in [2.05, 4.69) is 5.32 Å². The second-order valence-electron chi connectivity index (χ2n) is 5.57. The summed E-state index contributed by atoms with van der Waals surface area (Å²) in [6.07, 6.45) is 0. The van der Waals surface area contributed by atoms with E-state index in [4.69, 9.17) is 16.0 Å². The Kier molecular flexibility index (Phi) is 4.23. The molecule has 1 aromatic heterocycles. The third-order valence-electron chi connectivity index (χ3n) is 4.04. The van der Waals surface area contributed by atoms with Crippen molar-refractivity contribution < 1.29 is 9.21 Å². The highest BCUT2D eigenvalue weighted by Gasteiger charge is 2.31. The quantitative estimate of drug-likeness (QED) is 0.923. The fraction of sp³-hybridized carbons (Fsp3) is 0.353. The molecule has 2 aromatic rings. The highest BCUT2D eigenvalue weighted by molar-refractivity contribution is 6.31. The van der Waals surface area contributed by atoms with Gasteiger partial charge in [0, 0.05) is 24.7 Å². The second-order valence-corrected chi connectivity index (χ2v) is 5.97. The molecule has 1 saturated heterocycles. The molecule has 0 spiro atoms. The van der Waals surface area contributed by atoms with Crippen LogP contribution in [0.5, 0.6) is 0 Å². The van der Waals surface area contributed by atoms with Crippen molar-refractivity contribution in [1.29, 1.82) is 0 Å². The summed E-state index contributed by atoms with van der Waals surface area (Å²) >= 11 is 6.32. The molecule has 1 aromatic carbocycles. The van der Waals surface area contributed by atoms with E-state index in [9.17, 15) is 4.79 Å². The zero-order valence-electron chi connectivity index (χ0n) is 12.7. The Morgan fingerprint density at radius 1 is 1.36 bits per heavy atom. The fourth-order valence-electron chi connectivity index (χ4n) is 2.97. The predicted molar refractivity (Wildman–Crippen MR) is 86.3 cm³/mol. The van der Waals surface area contributed by atoms with Crippen molar-refractivity contribution in [3.8, 4) is 0 Å². The van der Waals surface area contributed by atoms with Gasteiger partial charge in [-0.2, -0.15) is 0 Å². The van der Waals surface area contributed by atoms with Gasteiger partial charge in [-0.3, -0.25) is 4.79 Å². The molecule has 0 radical (unpaired) electrons. The summed E-state index contributed by atoms with van der Waals surface area (Å²) in [4.78, 5) is 14.8. The average molecular weight is 319 g/mol. The zero-order chi connectivity index (χ0) is 15.7. The van der Waals surface area contributed by atoms with E-state index in [-0.39, 0.29) is 11.9 Å². The first-order chi connectivity index (χ1) is 10.6. The van der Waals surface area contributed by atoms with Gasteiger partial charge in [-0.1, -0.05) is 29.8 Å². The molecule has 1 unspecified atom stereocenters. The molecule has 5 heteroatoms. The number of aryl methyl sites for hydroxylation is 2. The van der Waals surface area contributed by atoms with Crippen molar-refractivity contribution in [1.82, 2.24) is 10.2 Å². The Hall–Kier alpha value is -1.78. The fourth-order valence-corrected chi connectivity index (χ4v) is 3.23. The lowest BCUT2D eigenvalue weighted by Gasteiger charge is -2.36.